The number of hydrogen-bond donors (Lipinski definition) is 1. The Morgan fingerprint density at radius 2 is 1.81 bits per heavy atom. The van der Waals surface area contributed by atoms with E-state index in [2.05, 4.69) is 10.1 Å². The molecule has 0 saturated carbocycles. The summed E-state index contributed by atoms with van der Waals surface area (Å²) >= 11 is 0. The summed E-state index contributed by atoms with van der Waals surface area (Å²) in [6.45, 7) is 0.00302. The Morgan fingerprint density at radius 1 is 1.16 bits per heavy atom. The van der Waals surface area contributed by atoms with Gasteiger partial charge in [-0.1, -0.05) is 0 Å². The zero-order chi connectivity index (χ0) is 23.7. The van der Waals surface area contributed by atoms with Gasteiger partial charge in [-0.15, -0.1) is 13.2 Å². The Hall–Kier alpha value is -3.28. The Labute approximate surface area is 182 Å². The second-order valence-corrected chi connectivity index (χ2v) is 9.12. The highest BCUT2D eigenvalue weighted by Crippen LogP contribution is 2.31. The largest absolute Gasteiger partial charge is 0.573 e. The van der Waals surface area contributed by atoms with E-state index in [-0.39, 0.29) is 12.2 Å². The van der Waals surface area contributed by atoms with Gasteiger partial charge in [0.25, 0.3) is 5.91 Å². The SMILES string of the molecule is CN(CC(=O)Nc1ccc(OC(F)(F)F)cc1)C(=O)c1ccc2c(c1)CCN2S(C)(=O)=O. The van der Waals surface area contributed by atoms with Crippen LogP contribution in [0.2, 0.25) is 0 Å². The van der Waals surface area contributed by atoms with Gasteiger partial charge in [-0.05, 0) is 54.4 Å². The summed E-state index contributed by atoms with van der Waals surface area (Å²) in [5.41, 5.74) is 1.80. The van der Waals surface area contributed by atoms with Crippen LogP contribution in [0.3, 0.4) is 0 Å². The number of benzene rings is 2. The number of amides is 2. The van der Waals surface area contributed by atoms with Crippen LogP contribution in [0.4, 0.5) is 24.5 Å². The number of alkyl halides is 3. The minimum atomic E-state index is -4.81. The molecule has 32 heavy (non-hydrogen) atoms. The molecule has 0 radical (unpaired) electrons. The predicted molar refractivity (Wildman–Crippen MR) is 111 cm³/mol. The second-order valence-electron chi connectivity index (χ2n) is 7.21. The number of nitrogens with zero attached hydrogens (tertiary/aromatic N) is 2. The smallest absolute Gasteiger partial charge is 0.406 e. The highest BCUT2D eigenvalue weighted by Gasteiger charge is 2.31. The molecule has 8 nitrogen and oxygen atoms in total. The Morgan fingerprint density at radius 3 is 2.41 bits per heavy atom. The molecule has 2 aromatic rings. The van der Waals surface area contributed by atoms with E-state index in [1.807, 2.05) is 0 Å². The van der Waals surface area contributed by atoms with Gasteiger partial charge in [0.2, 0.25) is 15.9 Å². The third-order valence-electron chi connectivity index (χ3n) is 4.68. The first kappa shape index (κ1) is 23.4. The van der Waals surface area contributed by atoms with Gasteiger partial charge in [0, 0.05) is 24.8 Å². The number of rotatable bonds is 6. The van der Waals surface area contributed by atoms with Crippen molar-refractivity contribution in [3.63, 3.8) is 0 Å². The van der Waals surface area contributed by atoms with E-state index in [1.165, 1.54) is 34.5 Å². The molecule has 1 heterocycles. The van der Waals surface area contributed by atoms with Crippen molar-refractivity contribution in [1.82, 2.24) is 4.90 Å². The Kier molecular flexibility index (Phi) is 6.35. The van der Waals surface area contributed by atoms with Gasteiger partial charge in [-0.3, -0.25) is 13.9 Å². The summed E-state index contributed by atoms with van der Waals surface area (Å²) < 4.78 is 65.3. The summed E-state index contributed by atoms with van der Waals surface area (Å²) in [6, 6.07) is 9.28. The van der Waals surface area contributed by atoms with Gasteiger partial charge < -0.3 is 15.0 Å². The molecule has 0 fully saturated rings. The van der Waals surface area contributed by atoms with Crippen molar-refractivity contribution in [3.05, 3.63) is 53.6 Å². The van der Waals surface area contributed by atoms with Crippen molar-refractivity contribution in [2.75, 3.05) is 36.0 Å². The lowest BCUT2D eigenvalue weighted by Gasteiger charge is -2.19. The third-order valence-corrected chi connectivity index (χ3v) is 5.86. The standard InChI is InChI=1S/C20H20F3N3O5S/c1-25(12-18(27)24-15-4-6-16(7-5-15)31-20(21,22)23)19(28)14-3-8-17-13(11-14)9-10-26(17)32(2,29)30/h3-8,11H,9-10,12H2,1-2H3,(H,24,27). The topological polar surface area (TPSA) is 96.0 Å². The first-order valence-electron chi connectivity index (χ1n) is 9.35. The Balaban J connectivity index is 1.60. The van der Waals surface area contributed by atoms with E-state index >= 15 is 0 Å². The van der Waals surface area contributed by atoms with Gasteiger partial charge in [-0.2, -0.15) is 0 Å². The number of ether oxygens (including phenoxy) is 1. The average Bonchev–Trinajstić information content (AvgIpc) is 3.11. The van der Waals surface area contributed by atoms with Gasteiger partial charge in [0.15, 0.2) is 0 Å². The number of hydrogen-bond acceptors (Lipinski definition) is 5. The number of nitrogens with one attached hydrogen (secondary N) is 1. The molecule has 1 N–H and O–H groups in total. The normalized spacial score (nSPS) is 13.5. The van der Waals surface area contributed by atoms with E-state index in [1.54, 1.807) is 12.1 Å². The van der Waals surface area contributed by atoms with E-state index in [0.717, 1.165) is 24.0 Å². The predicted octanol–water partition coefficient (Wildman–Crippen LogP) is 2.62. The van der Waals surface area contributed by atoms with Crippen LogP contribution >= 0.6 is 0 Å². The third kappa shape index (κ3) is 5.69. The molecule has 2 amide bonds. The van der Waals surface area contributed by atoms with Crippen LogP contribution in [0.25, 0.3) is 0 Å². The maximum Gasteiger partial charge on any atom is 0.573 e. The summed E-state index contributed by atoms with van der Waals surface area (Å²) in [6.07, 6.45) is -3.22. The highest BCUT2D eigenvalue weighted by atomic mass is 32.2. The van der Waals surface area contributed by atoms with Crippen LogP contribution < -0.4 is 14.4 Å². The molecule has 2 aromatic carbocycles. The van der Waals surface area contributed by atoms with Crippen LogP contribution in [0.1, 0.15) is 15.9 Å². The molecule has 3 rings (SSSR count). The zero-order valence-electron chi connectivity index (χ0n) is 17.1. The lowest BCUT2D eigenvalue weighted by Crippen LogP contribution is -2.35. The van der Waals surface area contributed by atoms with Crippen molar-refractivity contribution in [2.24, 2.45) is 0 Å². The summed E-state index contributed by atoms with van der Waals surface area (Å²) in [5.74, 6) is -1.40. The van der Waals surface area contributed by atoms with E-state index in [9.17, 15) is 31.2 Å². The Bertz CT molecular complexity index is 1130. The lowest BCUT2D eigenvalue weighted by atomic mass is 10.1. The van der Waals surface area contributed by atoms with Crippen LogP contribution in [0, 0.1) is 0 Å². The summed E-state index contributed by atoms with van der Waals surface area (Å²) in [7, 11) is -1.97. The fraction of sp³-hybridized carbons (Fsp3) is 0.300. The first-order chi connectivity index (χ1) is 14.8. The number of carbonyl (C=O) groups is 2. The summed E-state index contributed by atoms with van der Waals surface area (Å²) in [5, 5.41) is 2.49. The summed E-state index contributed by atoms with van der Waals surface area (Å²) in [4.78, 5) is 26.1. The molecular weight excluding hydrogens is 451 g/mol. The van der Waals surface area contributed by atoms with E-state index < -0.39 is 33.9 Å². The monoisotopic (exact) mass is 471 g/mol. The van der Waals surface area contributed by atoms with Crippen molar-refractivity contribution in [2.45, 2.75) is 12.8 Å². The number of halogens is 3. The molecule has 0 saturated heterocycles. The molecule has 0 atom stereocenters. The minimum absolute atomic E-state index is 0.240. The number of likely N-dealkylation sites (N-methyl/N-ethyl adjacent to an activating group) is 1. The number of sulfonamides is 1. The first-order valence-corrected chi connectivity index (χ1v) is 11.2. The average molecular weight is 471 g/mol. The second kappa shape index (κ2) is 8.69. The molecule has 1 aliphatic heterocycles. The lowest BCUT2D eigenvalue weighted by molar-refractivity contribution is -0.274. The molecule has 172 valence electrons. The molecule has 0 unspecified atom stereocenters. The molecule has 0 aromatic heterocycles. The van der Waals surface area contributed by atoms with E-state index in [0.29, 0.717) is 24.2 Å². The van der Waals surface area contributed by atoms with Gasteiger partial charge >= 0.3 is 6.36 Å². The van der Waals surface area contributed by atoms with Crippen molar-refractivity contribution in [1.29, 1.82) is 0 Å². The fourth-order valence-electron chi connectivity index (χ4n) is 3.30. The molecule has 0 spiro atoms. The minimum Gasteiger partial charge on any atom is -0.406 e. The molecule has 12 heteroatoms. The molecule has 0 aliphatic carbocycles. The van der Waals surface area contributed by atoms with Gasteiger partial charge in [0.1, 0.15) is 5.75 Å². The number of anilines is 2. The quantitative estimate of drug-likeness (QED) is 0.699. The van der Waals surface area contributed by atoms with Crippen LogP contribution in [0.15, 0.2) is 42.5 Å². The number of carbonyl (C=O) groups excluding carboxylic acids is 2. The van der Waals surface area contributed by atoms with E-state index in [4.69, 9.17) is 0 Å². The maximum atomic E-state index is 12.7. The maximum absolute atomic E-state index is 12.7. The highest BCUT2D eigenvalue weighted by molar-refractivity contribution is 7.92. The fourth-order valence-corrected chi connectivity index (χ4v) is 4.26. The van der Waals surface area contributed by atoms with Crippen LogP contribution in [0.5, 0.6) is 5.75 Å². The molecular formula is C20H20F3N3O5S. The van der Waals surface area contributed by atoms with Gasteiger partial charge in [-0.25, -0.2) is 8.42 Å². The zero-order valence-corrected chi connectivity index (χ0v) is 18.0. The van der Waals surface area contributed by atoms with Gasteiger partial charge in [0.05, 0.1) is 18.5 Å². The molecule has 1 aliphatic rings. The van der Waals surface area contributed by atoms with Crippen LogP contribution in [-0.4, -0.2) is 57.9 Å². The molecule has 0 bridgehead atoms. The van der Waals surface area contributed by atoms with Crippen molar-refractivity contribution >= 4 is 33.2 Å². The van der Waals surface area contributed by atoms with Crippen LogP contribution in [-0.2, 0) is 21.2 Å². The van der Waals surface area contributed by atoms with Crippen molar-refractivity contribution in [3.8, 4) is 5.75 Å². The van der Waals surface area contributed by atoms with Crippen molar-refractivity contribution < 1.29 is 35.9 Å². The number of fused-ring (bicyclic) bond motifs is 1.